The molecule has 8 aromatic carbocycles. The molecule has 0 unspecified atom stereocenters. The van der Waals surface area contributed by atoms with Gasteiger partial charge in [0.15, 0.2) is 11.7 Å². The van der Waals surface area contributed by atoms with E-state index in [9.17, 15) is 0 Å². The summed E-state index contributed by atoms with van der Waals surface area (Å²) >= 11 is 0. The van der Waals surface area contributed by atoms with Crippen molar-refractivity contribution >= 4 is 35.5 Å². The first-order chi connectivity index (χ1) is 28.2. The van der Waals surface area contributed by atoms with Crippen LogP contribution >= 0.6 is 0 Å². The van der Waals surface area contributed by atoms with E-state index in [1.54, 1.807) is 0 Å². The second-order valence-electron chi connectivity index (χ2n) is 14.1. The molecule has 272 valence electrons. The van der Waals surface area contributed by atoms with Crippen LogP contribution in [0.15, 0.2) is 221 Å². The van der Waals surface area contributed by atoms with Gasteiger partial charge in [-0.15, -0.1) is 0 Å². The molecule has 1 aliphatic rings. The van der Waals surface area contributed by atoms with Gasteiger partial charge in [-0.1, -0.05) is 170 Å². The van der Waals surface area contributed by atoms with Crippen molar-refractivity contribution in [3.63, 3.8) is 0 Å². The molecular weight excluding hydrogens is 693 g/mol. The fourth-order valence-electron chi connectivity index (χ4n) is 7.60. The van der Waals surface area contributed by atoms with E-state index in [0.29, 0.717) is 18.2 Å². The molecule has 0 aliphatic heterocycles. The summed E-state index contributed by atoms with van der Waals surface area (Å²) in [5.41, 5.74) is 16.5. The van der Waals surface area contributed by atoms with Crippen molar-refractivity contribution < 1.29 is 0 Å². The van der Waals surface area contributed by atoms with Crippen molar-refractivity contribution in [3.8, 4) is 33.4 Å². The van der Waals surface area contributed by atoms with Gasteiger partial charge in [-0.25, -0.2) is 9.98 Å². The number of fused-ring (bicyclic) bond motifs is 3. The van der Waals surface area contributed by atoms with Gasteiger partial charge in [0.05, 0.1) is 6.54 Å². The fraction of sp³-hybridized carbons (Fsp3) is 0.0377. The van der Waals surface area contributed by atoms with Crippen LogP contribution in [0.1, 0.15) is 27.8 Å². The molecule has 1 aliphatic carbocycles. The van der Waals surface area contributed by atoms with Gasteiger partial charge >= 0.3 is 0 Å². The summed E-state index contributed by atoms with van der Waals surface area (Å²) in [6.45, 7) is 4.27. The molecule has 8 aromatic rings. The third-order valence-corrected chi connectivity index (χ3v) is 10.5. The molecule has 0 heterocycles. The van der Waals surface area contributed by atoms with E-state index >= 15 is 0 Å². The SMILES string of the molecule is C=NC(=NC(=NCc1ccc(-c2ccc3c(c2)Cc2cc(N(c4ccccc4)c4ccc(-c5ccccc5)cc4)ccc2-3)cc1)c1ccccc1)c1ccccc1. The van der Waals surface area contributed by atoms with Crippen LogP contribution < -0.4 is 4.90 Å². The van der Waals surface area contributed by atoms with Crippen molar-refractivity contribution in [1.29, 1.82) is 0 Å². The molecule has 0 atom stereocenters. The summed E-state index contributed by atoms with van der Waals surface area (Å²) in [4.78, 5) is 16.4. The van der Waals surface area contributed by atoms with Crippen LogP contribution in [0.5, 0.6) is 0 Å². The lowest BCUT2D eigenvalue weighted by Crippen LogP contribution is -2.10. The maximum atomic E-state index is 4.96. The highest BCUT2D eigenvalue weighted by atomic mass is 15.1. The highest BCUT2D eigenvalue weighted by molar-refractivity contribution is 6.12. The van der Waals surface area contributed by atoms with Crippen molar-refractivity contribution in [2.24, 2.45) is 15.0 Å². The predicted molar refractivity (Wildman–Crippen MR) is 239 cm³/mol. The van der Waals surface area contributed by atoms with Gasteiger partial charge < -0.3 is 4.90 Å². The van der Waals surface area contributed by atoms with Crippen molar-refractivity contribution in [2.75, 3.05) is 4.90 Å². The Kier molecular flexibility index (Phi) is 9.98. The van der Waals surface area contributed by atoms with Crippen LogP contribution in [0.4, 0.5) is 17.1 Å². The first-order valence-electron chi connectivity index (χ1n) is 19.3. The minimum Gasteiger partial charge on any atom is -0.310 e. The number of anilines is 3. The number of benzene rings is 8. The zero-order valence-electron chi connectivity index (χ0n) is 31.5. The molecule has 4 heteroatoms. The summed E-state index contributed by atoms with van der Waals surface area (Å²) in [5.74, 6) is 1.17. The number of hydrogen-bond donors (Lipinski definition) is 0. The Balaban J connectivity index is 0.952. The number of rotatable bonds is 9. The Hall–Kier alpha value is -7.43. The summed E-state index contributed by atoms with van der Waals surface area (Å²) in [6.07, 6.45) is 0.891. The van der Waals surface area contributed by atoms with E-state index in [2.05, 4.69) is 162 Å². The Morgan fingerprint density at radius 1 is 0.439 bits per heavy atom. The van der Waals surface area contributed by atoms with Crippen molar-refractivity contribution in [2.45, 2.75) is 13.0 Å². The molecule has 0 amide bonds. The van der Waals surface area contributed by atoms with E-state index in [1.807, 2.05) is 60.7 Å². The lowest BCUT2D eigenvalue weighted by Gasteiger charge is -2.26. The van der Waals surface area contributed by atoms with Crippen LogP contribution in [-0.4, -0.2) is 18.4 Å². The molecule has 0 aromatic heterocycles. The molecule has 9 rings (SSSR count). The Bertz CT molecular complexity index is 2700. The lowest BCUT2D eigenvalue weighted by atomic mass is 9.98. The topological polar surface area (TPSA) is 40.3 Å². The molecule has 0 spiro atoms. The summed E-state index contributed by atoms with van der Waals surface area (Å²) in [5, 5.41) is 0. The first-order valence-corrected chi connectivity index (χ1v) is 19.3. The summed E-state index contributed by atoms with van der Waals surface area (Å²) in [6, 6.07) is 72.5. The summed E-state index contributed by atoms with van der Waals surface area (Å²) in [7, 11) is 0. The minimum atomic E-state index is 0.492. The predicted octanol–water partition coefficient (Wildman–Crippen LogP) is 13.2. The molecule has 0 N–H and O–H groups in total. The largest absolute Gasteiger partial charge is 0.310 e. The van der Waals surface area contributed by atoms with E-state index in [4.69, 9.17) is 9.98 Å². The quantitative estimate of drug-likeness (QED) is 0.108. The smallest absolute Gasteiger partial charge is 0.161 e. The van der Waals surface area contributed by atoms with Gasteiger partial charge in [-0.05, 0) is 99.6 Å². The molecule has 57 heavy (non-hydrogen) atoms. The third kappa shape index (κ3) is 7.62. The van der Waals surface area contributed by atoms with Gasteiger partial charge in [-0.2, -0.15) is 0 Å². The number of nitrogens with zero attached hydrogens (tertiary/aromatic N) is 4. The maximum absolute atomic E-state index is 4.96. The Morgan fingerprint density at radius 3 is 1.56 bits per heavy atom. The number of para-hydroxylation sites is 1. The normalized spacial score (nSPS) is 12.1. The van der Waals surface area contributed by atoms with E-state index in [-0.39, 0.29) is 0 Å². The molecule has 4 nitrogen and oxygen atoms in total. The van der Waals surface area contributed by atoms with Gasteiger partial charge in [-0.3, -0.25) is 4.99 Å². The molecule has 0 saturated heterocycles. The van der Waals surface area contributed by atoms with Gasteiger partial charge in [0.25, 0.3) is 0 Å². The van der Waals surface area contributed by atoms with Crippen LogP contribution in [-0.2, 0) is 13.0 Å². The lowest BCUT2D eigenvalue weighted by molar-refractivity contribution is 1.06. The summed E-state index contributed by atoms with van der Waals surface area (Å²) < 4.78 is 0. The molecular formula is C53H40N4. The molecule has 0 radical (unpaired) electrons. The monoisotopic (exact) mass is 732 g/mol. The third-order valence-electron chi connectivity index (χ3n) is 10.5. The number of hydrogen-bond acceptors (Lipinski definition) is 2. The van der Waals surface area contributed by atoms with Crippen LogP contribution in [0, 0.1) is 0 Å². The van der Waals surface area contributed by atoms with Crippen LogP contribution in [0.3, 0.4) is 0 Å². The van der Waals surface area contributed by atoms with Crippen molar-refractivity contribution in [3.05, 3.63) is 234 Å². The average Bonchev–Trinajstić information content (AvgIpc) is 3.65. The molecule has 0 saturated carbocycles. The Morgan fingerprint density at radius 2 is 0.912 bits per heavy atom. The first kappa shape index (κ1) is 35.3. The fourth-order valence-corrected chi connectivity index (χ4v) is 7.60. The highest BCUT2D eigenvalue weighted by Crippen LogP contribution is 2.43. The molecule has 0 bridgehead atoms. The molecule has 0 fully saturated rings. The van der Waals surface area contributed by atoms with Crippen molar-refractivity contribution in [1.82, 2.24) is 0 Å². The second kappa shape index (κ2) is 16.1. The van der Waals surface area contributed by atoms with Gasteiger partial charge in [0.1, 0.15) is 0 Å². The highest BCUT2D eigenvalue weighted by Gasteiger charge is 2.22. The zero-order chi connectivity index (χ0) is 38.4. The minimum absolute atomic E-state index is 0.492. The van der Waals surface area contributed by atoms with Gasteiger partial charge in [0.2, 0.25) is 0 Å². The standard InChI is InChI=1S/C53H40N4/c1-54-52(42-16-8-3-9-17-42)56-53(43-18-10-4-11-19-43)55-37-38-22-24-41(25-23-38)44-28-32-50-45(34-44)35-46-36-49(31-33-51(46)50)57(47-20-12-5-13-21-47)48-29-26-40(27-30-48)39-14-6-2-7-15-39/h2-34,36H,1,35,37H2. The van der Waals surface area contributed by atoms with E-state index < -0.39 is 0 Å². The number of aliphatic imine (C=N–C) groups is 3. The zero-order valence-corrected chi connectivity index (χ0v) is 31.5. The Labute approximate surface area is 334 Å². The van der Waals surface area contributed by atoms with E-state index in [0.717, 1.165) is 40.2 Å². The van der Waals surface area contributed by atoms with Gasteiger partial charge in [0, 0.05) is 28.2 Å². The maximum Gasteiger partial charge on any atom is 0.161 e. The second-order valence-corrected chi connectivity index (χ2v) is 14.1. The van der Waals surface area contributed by atoms with Crippen LogP contribution in [0.25, 0.3) is 33.4 Å². The van der Waals surface area contributed by atoms with E-state index in [1.165, 1.54) is 44.5 Å². The van der Waals surface area contributed by atoms with Crippen LogP contribution in [0.2, 0.25) is 0 Å². The number of amidine groups is 2. The average molecular weight is 733 g/mol.